The Hall–Kier alpha value is -2.90. The van der Waals surface area contributed by atoms with Gasteiger partial charge in [-0.15, -0.1) is 56.7 Å². The fraction of sp³-hybridized carbons (Fsp3) is 0.167. The van der Waals surface area contributed by atoms with Crippen molar-refractivity contribution < 1.29 is 8.78 Å². The molecular weight excluding hydrogens is 663 g/mol. The zero-order chi connectivity index (χ0) is 29.9. The highest BCUT2D eigenvalue weighted by Gasteiger charge is 2.47. The summed E-state index contributed by atoms with van der Waals surface area (Å²) in [5.41, 5.74) is 5.26. The second kappa shape index (κ2) is 8.47. The molecule has 214 valence electrons. The fourth-order valence-electron chi connectivity index (χ4n) is 7.40. The van der Waals surface area contributed by atoms with Crippen LogP contribution in [-0.4, -0.2) is 0 Å². The standard InChI is InChI=1S/C36H20F2S6/c1-35(2)17-11-15-13-21(19-7-5-9-39-19)41-29(15)27(37)23(17)31-25(35)33-34(43-31)26-32(44-33)24-18(36(26,3)4)12-16-14-22(20-8-6-10-40-20)42-30(16)28(24)38/h5,7-9,11-14H,1-4H3. The third-order valence-corrected chi connectivity index (χ3v) is 16.4. The Bertz CT molecular complexity index is 2330. The maximum absolute atomic E-state index is 16.6. The van der Waals surface area contributed by atoms with Gasteiger partial charge in [0.25, 0.3) is 0 Å². The third-order valence-electron chi connectivity index (χ3n) is 9.50. The van der Waals surface area contributed by atoms with Gasteiger partial charge in [0, 0.05) is 52.4 Å². The molecule has 10 rings (SSSR count). The first-order chi connectivity index (χ1) is 21.1. The van der Waals surface area contributed by atoms with Crippen LogP contribution in [0.25, 0.3) is 70.0 Å². The molecule has 0 saturated carbocycles. The molecule has 8 aromatic rings. The molecule has 0 saturated heterocycles. The van der Waals surface area contributed by atoms with Gasteiger partial charge in [-0.2, -0.15) is 0 Å². The summed E-state index contributed by atoms with van der Waals surface area (Å²) in [7, 11) is 0. The van der Waals surface area contributed by atoms with Crippen molar-refractivity contribution in [1.29, 1.82) is 0 Å². The molecule has 44 heavy (non-hydrogen) atoms. The summed E-state index contributed by atoms with van der Waals surface area (Å²) in [6.07, 6.45) is 0. The Morgan fingerprint density at radius 2 is 1.18 bits per heavy atom. The number of thiophene rings is 5. The van der Waals surface area contributed by atoms with Gasteiger partial charge in [-0.25, -0.2) is 8.78 Å². The lowest BCUT2D eigenvalue weighted by molar-refractivity contribution is 0.632. The minimum absolute atomic E-state index is 0.103. The van der Waals surface area contributed by atoms with Crippen LogP contribution in [0.4, 0.5) is 8.78 Å². The summed E-state index contributed by atoms with van der Waals surface area (Å²) in [4.78, 5) is 6.48. The van der Waals surface area contributed by atoms with E-state index in [1.54, 1.807) is 45.3 Å². The maximum Gasteiger partial charge on any atom is 0.149 e. The van der Waals surface area contributed by atoms with Crippen LogP contribution in [0, 0.1) is 23.1 Å². The Morgan fingerprint density at radius 3 is 1.66 bits per heavy atom. The van der Waals surface area contributed by atoms with Gasteiger partial charge < -0.3 is 0 Å². The van der Waals surface area contributed by atoms with E-state index >= 15 is 8.78 Å². The Labute approximate surface area is 276 Å². The minimum Gasteiger partial charge on any atom is -0.205 e. The molecule has 0 N–H and O–H groups in total. The second-order valence-corrected chi connectivity index (χ2v) is 18.6. The molecule has 0 atom stereocenters. The van der Waals surface area contributed by atoms with Crippen LogP contribution in [0.15, 0.2) is 47.8 Å². The Kier molecular flexibility index (Phi) is 5.07. The molecule has 0 spiro atoms. The molecule has 2 aromatic carbocycles. The molecule has 6 aromatic heterocycles. The second-order valence-electron chi connectivity index (χ2n) is 12.6. The van der Waals surface area contributed by atoms with Gasteiger partial charge in [-0.1, -0.05) is 51.2 Å². The smallest absolute Gasteiger partial charge is 0.149 e. The summed E-state index contributed by atoms with van der Waals surface area (Å²) >= 11 is 9.67. The summed E-state index contributed by atoms with van der Waals surface area (Å²) in [5.74, 6) is -0.223. The van der Waals surface area contributed by atoms with Crippen LogP contribution in [-0.2, 0) is 10.8 Å². The normalized spacial score (nSPS) is 15.7. The lowest BCUT2D eigenvalue weighted by Crippen LogP contribution is -2.16. The van der Waals surface area contributed by atoms with E-state index in [1.165, 1.54) is 48.1 Å². The predicted octanol–water partition coefficient (Wildman–Crippen LogP) is 13.3. The lowest BCUT2D eigenvalue weighted by atomic mass is 9.81. The van der Waals surface area contributed by atoms with Crippen LogP contribution in [0.2, 0.25) is 0 Å². The van der Waals surface area contributed by atoms with E-state index in [1.807, 2.05) is 12.1 Å². The van der Waals surface area contributed by atoms with Gasteiger partial charge in [-0.3, -0.25) is 0 Å². The van der Waals surface area contributed by atoms with E-state index in [9.17, 15) is 0 Å². The third kappa shape index (κ3) is 3.11. The molecule has 0 unspecified atom stereocenters. The van der Waals surface area contributed by atoms with E-state index in [0.29, 0.717) is 4.70 Å². The minimum atomic E-state index is -0.373. The summed E-state index contributed by atoms with van der Waals surface area (Å²) in [5, 5.41) is 7.02. The van der Waals surface area contributed by atoms with Crippen molar-refractivity contribution in [1.82, 2.24) is 0 Å². The number of halogens is 2. The number of fused-ring (bicyclic) bond motifs is 11. The molecular formula is C36H20F2S6. The van der Waals surface area contributed by atoms with Crippen molar-refractivity contribution in [3.8, 4) is 40.4 Å². The highest BCUT2D eigenvalue weighted by Crippen LogP contribution is 2.65. The molecule has 0 nitrogen and oxygen atoms in total. The number of benzene rings is 2. The quantitative estimate of drug-likeness (QED) is 0.170. The molecule has 0 bridgehead atoms. The average molecular weight is 683 g/mol. The number of hydrogen-bond donors (Lipinski definition) is 0. The van der Waals surface area contributed by atoms with Crippen LogP contribution in [0.5, 0.6) is 0 Å². The highest BCUT2D eigenvalue weighted by molar-refractivity contribution is 7.32. The first-order valence-electron chi connectivity index (χ1n) is 14.2. The van der Waals surface area contributed by atoms with Crippen molar-refractivity contribution in [2.45, 2.75) is 38.5 Å². The Balaban J connectivity index is 1.20. The molecule has 8 heteroatoms. The van der Waals surface area contributed by atoms with Crippen molar-refractivity contribution in [2.24, 2.45) is 0 Å². The van der Waals surface area contributed by atoms with Crippen molar-refractivity contribution in [3.63, 3.8) is 0 Å². The van der Waals surface area contributed by atoms with Gasteiger partial charge in [0.1, 0.15) is 11.6 Å². The topological polar surface area (TPSA) is 0 Å². The zero-order valence-corrected chi connectivity index (χ0v) is 28.7. The summed E-state index contributed by atoms with van der Waals surface area (Å²) < 4.78 is 37.0. The fourth-order valence-corrected chi connectivity index (χ4v) is 14.7. The summed E-state index contributed by atoms with van der Waals surface area (Å²) in [6.45, 7) is 8.89. The molecule has 2 aliphatic carbocycles. The molecule has 0 fully saturated rings. The van der Waals surface area contributed by atoms with E-state index in [-0.39, 0.29) is 22.5 Å². The maximum atomic E-state index is 16.6. The number of hydrogen-bond acceptors (Lipinski definition) is 6. The van der Waals surface area contributed by atoms with Gasteiger partial charge in [0.2, 0.25) is 0 Å². The largest absolute Gasteiger partial charge is 0.205 e. The van der Waals surface area contributed by atoms with Crippen LogP contribution in [0.3, 0.4) is 0 Å². The Morgan fingerprint density at radius 1 is 0.636 bits per heavy atom. The number of rotatable bonds is 2. The molecule has 0 aliphatic heterocycles. The monoisotopic (exact) mass is 682 g/mol. The molecule has 2 aliphatic rings. The molecule has 0 radical (unpaired) electrons. The average Bonchev–Trinajstić information content (AvgIpc) is 3.81. The van der Waals surface area contributed by atoms with E-state index < -0.39 is 0 Å². The van der Waals surface area contributed by atoms with Gasteiger partial charge in [0.05, 0.1) is 23.7 Å². The van der Waals surface area contributed by atoms with Crippen LogP contribution in [0.1, 0.15) is 49.9 Å². The lowest BCUT2D eigenvalue weighted by Gasteiger charge is -2.22. The SMILES string of the molecule is CC1(C)c2cc3cc(-c4cc#cs4)sc3c(F)c2-c2sc3c4c(sc3c21)-c1c(cc2cc(-c3cccs3)sc2c1F)C4(C)C. The van der Waals surface area contributed by atoms with Gasteiger partial charge in [0.15, 0.2) is 0 Å². The van der Waals surface area contributed by atoms with Crippen molar-refractivity contribution >= 4 is 97.6 Å². The van der Waals surface area contributed by atoms with Gasteiger partial charge >= 0.3 is 0 Å². The first-order valence-corrected chi connectivity index (χ1v) is 19.2. The van der Waals surface area contributed by atoms with Crippen LogP contribution < -0.4 is 0 Å². The first kappa shape index (κ1) is 26.3. The van der Waals surface area contributed by atoms with E-state index in [4.69, 9.17) is 0 Å². The van der Waals surface area contributed by atoms with E-state index in [2.05, 4.69) is 74.9 Å². The molecule has 6 heterocycles. The predicted molar refractivity (Wildman–Crippen MR) is 190 cm³/mol. The van der Waals surface area contributed by atoms with Crippen molar-refractivity contribution in [2.75, 3.05) is 0 Å². The highest BCUT2D eigenvalue weighted by atomic mass is 32.1. The van der Waals surface area contributed by atoms with Crippen LogP contribution >= 0.6 is 68.0 Å². The zero-order valence-electron chi connectivity index (χ0n) is 23.8. The van der Waals surface area contributed by atoms with Gasteiger partial charge in [-0.05, 0) is 74.1 Å². The molecule has 0 amide bonds. The van der Waals surface area contributed by atoms with Crippen molar-refractivity contribution in [3.05, 3.63) is 93.2 Å². The summed E-state index contributed by atoms with van der Waals surface area (Å²) in [6, 6.07) is 17.7. The van der Waals surface area contributed by atoms with E-state index in [0.717, 1.165) is 62.1 Å².